The highest BCUT2D eigenvalue weighted by Gasteiger charge is 2.18. The fourth-order valence-corrected chi connectivity index (χ4v) is 2.36. The predicted molar refractivity (Wildman–Crippen MR) is 90.0 cm³/mol. The van der Waals surface area contributed by atoms with Crippen LogP contribution < -0.4 is 10.3 Å². The maximum Gasteiger partial charge on any atom is 0.268 e. The van der Waals surface area contributed by atoms with Crippen molar-refractivity contribution in [2.24, 2.45) is 0 Å². The summed E-state index contributed by atoms with van der Waals surface area (Å²) in [5, 5.41) is 19.1. The lowest BCUT2D eigenvalue weighted by Gasteiger charge is -2.10. The molecule has 0 unspecified atom stereocenters. The van der Waals surface area contributed by atoms with Crippen LogP contribution in [-0.2, 0) is 11.3 Å². The van der Waals surface area contributed by atoms with Crippen molar-refractivity contribution in [3.8, 4) is 17.6 Å². The maximum atomic E-state index is 12.7. The summed E-state index contributed by atoms with van der Waals surface area (Å²) in [6, 6.07) is 7.32. The van der Waals surface area contributed by atoms with Crippen LogP contribution in [0.4, 0.5) is 0 Å². The van der Waals surface area contributed by atoms with Crippen molar-refractivity contribution in [1.29, 1.82) is 5.26 Å². The number of ether oxygens (including phenoxy) is 2. The molecule has 0 bridgehead atoms. The van der Waals surface area contributed by atoms with Gasteiger partial charge in [0.05, 0.1) is 12.7 Å². The number of aromatic nitrogens is 1. The summed E-state index contributed by atoms with van der Waals surface area (Å²) < 4.78 is 11.3. The number of nitriles is 1. The molecule has 7 heteroatoms. The Morgan fingerprint density at radius 1 is 1.32 bits per heavy atom. The first-order valence-corrected chi connectivity index (χ1v) is 7.57. The highest BCUT2D eigenvalue weighted by atomic mass is 16.5. The second-order valence-electron chi connectivity index (χ2n) is 5.31. The van der Waals surface area contributed by atoms with Crippen molar-refractivity contribution in [2.75, 3.05) is 20.8 Å². The van der Waals surface area contributed by atoms with Crippen LogP contribution in [0.25, 0.3) is 0 Å². The van der Waals surface area contributed by atoms with Crippen LogP contribution >= 0.6 is 0 Å². The van der Waals surface area contributed by atoms with E-state index in [1.165, 1.54) is 42.1 Å². The molecule has 0 aliphatic rings. The van der Waals surface area contributed by atoms with Crippen molar-refractivity contribution in [1.82, 2.24) is 4.57 Å². The van der Waals surface area contributed by atoms with E-state index in [9.17, 15) is 14.7 Å². The number of methoxy groups -OCH3 is 2. The summed E-state index contributed by atoms with van der Waals surface area (Å²) in [6.45, 7) is 0.760. The van der Waals surface area contributed by atoms with Gasteiger partial charge < -0.3 is 19.1 Å². The molecule has 25 heavy (non-hydrogen) atoms. The summed E-state index contributed by atoms with van der Waals surface area (Å²) in [5.74, 6) is -0.301. The molecule has 0 aliphatic carbocycles. The summed E-state index contributed by atoms with van der Waals surface area (Å²) in [7, 11) is 3.00. The number of ketones is 1. The van der Waals surface area contributed by atoms with Gasteiger partial charge in [0.1, 0.15) is 23.1 Å². The Hall–Kier alpha value is -3.11. The van der Waals surface area contributed by atoms with E-state index >= 15 is 0 Å². The molecule has 130 valence electrons. The summed E-state index contributed by atoms with van der Waals surface area (Å²) >= 11 is 0. The number of hydrogen-bond donors (Lipinski definition) is 1. The van der Waals surface area contributed by atoms with Crippen LogP contribution in [-0.4, -0.2) is 36.3 Å². The Bertz CT molecular complexity index is 880. The quantitative estimate of drug-likeness (QED) is 0.607. The molecular weight excluding hydrogens is 324 g/mol. The van der Waals surface area contributed by atoms with Crippen molar-refractivity contribution in [3.05, 3.63) is 57.5 Å². The molecule has 0 atom stereocenters. The largest absolute Gasteiger partial charge is 0.507 e. The van der Waals surface area contributed by atoms with Gasteiger partial charge >= 0.3 is 0 Å². The first-order chi connectivity index (χ1) is 12.0. The molecule has 0 saturated carbocycles. The topological polar surface area (TPSA) is 102 Å². The minimum Gasteiger partial charge on any atom is -0.507 e. The normalized spacial score (nSPS) is 10.3. The van der Waals surface area contributed by atoms with Gasteiger partial charge in [0.2, 0.25) is 0 Å². The van der Waals surface area contributed by atoms with E-state index in [0.717, 1.165) is 0 Å². The molecule has 0 amide bonds. The Morgan fingerprint density at radius 2 is 2.08 bits per heavy atom. The van der Waals surface area contributed by atoms with Gasteiger partial charge in [0.15, 0.2) is 5.78 Å². The molecule has 2 rings (SSSR count). The Labute approximate surface area is 144 Å². The highest BCUT2D eigenvalue weighted by Crippen LogP contribution is 2.25. The zero-order chi connectivity index (χ0) is 18.4. The zero-order valence-corrected chi connectivity index (χ0v) is 14.0. The van der Waals surface area contributed by atoms with E-state index in [4.69, 9.17) is 14.7 Å². The van der Waals surface area contributed by atoms with Gasteiger partial charge in [0, 0.05) is 32.0 Å². The van der Waals surface area contributed by atoms with Gasteiger partial charge in [-0.2, -0.15) is 5.26 Å². The number of carbonyl (C=O) groups is 1. The average molecular weight is 342 g/mol. The molecule has 0 fully saturated rings. The van der Waals surface area contributed by atoms with E-state index in [-0.39, 0.29) is 22.4 Å². The third kappa shape index (κ3) is 4.05. The van der Waals surface area contributed by atoms with Gasteiger partial charge in [-0.25, -0.2) is 0 Å². The number of phenolic OH excluding ortho intramolecular Hbond substituents is 1. The lowest BCUT2D eigenvalue weighted by Crippen LogP contribution is -2.24. The molecule has 1 N–H and O–H groups in total. The van der Waals surface area contributed by atoms with Crippen LogP contribution in [0.5, 0.6) is 11.5 Å². The van der Waals surface area contributed by atoms with E-state index in [1.807, 2.05) is 0 Å². The fourth-order valence-electron chi connectivity index (χ4n) is 2.36. The van der Waals surface area contributed by atoms with Crippen LogP contribution in [0.15, 0.2) is 35.3 Å². The molecule has 0 radical (unpaired) electrons. The number of aromatic hydroxyl groups is 1. The Balaban J connectivity index is 2.48. The standard InChI is InChI=1S/C18H18N2O5/c1-24-7-3-6-20-11-13(8-12(10-19)18(20)23)17(22)15-9-14(25-2)4-5-16(15)21/h4-5,8-9,11,21H,3,6-7H2,1-2H3. The number of rotatable bonds is 7. The lowest BCUT2D eigenvalue weighted by molar-refractivity contribution is 0.103. The predicted octanol–water partition coefficient (Wildman–Crippen LogP) is 1.70. The van der Waals surface area contributed by atoms with Crippen molar-refractivity contribution in [3.63, 3.8) is 0 Å². The van der Waals surface area contributed by atoms with Gasteiger partial charge in [-0.15, -0.1) is 0 Å². The number of phenols is 1. The zero-order valence-electron chi connectivity index (χ0n) is 14.0. The minimum absolute atomic E-state index is 0.0327. The molecule has 0 spiro atoms. The van der Waals surface area contributed by atoms with Crippen LogP contribution in [0, 0.1) is 11.3 Å². The van der Waals surface area contributed by atoms with E-state index in [1.54, 1.807) is 13.2 Å². The summed E-state index contributed by atoms with van der Waals surface area (Å²) in [6.07, 6.45) is 1.95. The molecule has 7 nitrogen and oxygen atoms in total. The van der Waals surface area contributed by atoms with Crippen molar-refractivity contribution >= 4 is 5.78 Å². The number of hydrogen-bond acceptors (Lipinski definition) is 6. The van der Waals surface area contributed by atoms with Crippen molar-refractivity contribution < 1.29 is 19.4 Å². The average Bonchev–Trinajstić information content (AvgIpc) is 2.63. The number of aryl methyl sites for hydroxylation is 1. The molecule has 0 saturated heterocycles. The molecular formula is C18H18N2O5. The second-order valence-corrected chi connectivity index (χ2v) is 5.31. The van der Waals surface area contributed by atoms with E-state index in [2.05, 4.69) is 0 Å². The number of pyridine rings is 1. The fraction of sp³-hybridized carbons (Fsp3) is 0.278. The SMILES string of the molecule is COCCCn1cc(C(=O)c2cc(OC)ccc2O)cc(C#N)c1=O. The molecule has 1 heterocycles. The number of nitrogens with zero attached hydrogens (tertiary/aromatic N) is 2. The Kier molecular flexibility index (Phi) is 5.93. The van der Waals surface area contributed by atoms with Crippen LogP contribution in [0.1, 0.15) is 27.9 Å². The summed E-state index contributed by atoms with van der Waals surface area (Å²) in [5.41, 5.74) is -0.432. The van der Waals surface area contributed by atoms with E-state index in [0.29, 0.717) is 25.3 Å². The molecule has 1 aromatic heterocycles. The molecule has 1 aromatic carbocycles. The van der Waals surface area contributed by atoms with Crippen LogP contribution in [0.2, 0.25) is 0 Å². The van der Waals surface area contributed by atoms with Gasteiger partial charge in [-0.05, 0) is 30.7 Å². The third-order valence-electron chi connectivity index (χ3n) is 3.66. The lowest BCUT2D eigenvalue weighted by atomic mass is 10.0. The number of carbonyl (C=O) groups excluding carboxylic acids is 1. The van der Waals surface area contributed by atoms with Gasteiger partial charge in [-0.1, -0.05) is 0 Å². The first-order valence-electron chi connectivity index (χ1n) is 7.57. The highest BCUT2D eigenvalue weighted by molar-refractivity contribution is 6.10. The maximum absolute atomic E-state index is 12.7. The first kappa shape index (κ1) is 18.2. The monoisotopic (exact) mass is 342 g/mol. The summed E-state index contributed by atoms with van der Waals surface area (Å²) in [4.78, 5) is 24.9. The van der Waals surface area contributed by atoms with Crippen molar-refractivity contribution in [2.45, 2.75) is 13.0 Å². The molecule has 0 aliphatic heterocycles. The number of benzene rings is 1. The molecule has 2 aromatic rings. The smallest absolute Gasteiger partial charge is 0.268 e. The van der Waals surface area contributed by atoms with Gasteiger partial charge in [0.25, 0.3) is 5.56 Å². The minimum atomic E-state index is -0.506. The van der Waals surface area contributed by atoms with Gasteiger partial charge in [-0.3, -0.25) is 9.59 Å². The van der Waals surface area contributed by atoms with Crippen LogP contribution in [0.3, 0.4) is 0 Å². The third-order valence-corrected chi connectivity index (χ3v) is 3.66. The Morgan fingerprint density at radius 3 is 2.72 bits per heavy atom. The second kappa shape index (κ2) is 8.13. The van der Waals surface area contributed by atoms with E-state index < -0.39 is 11.3 Å².